The second-order valence-electron chi connectivity index (χ2n) is 4.00. The fourth-order valence-electron chi connectivity index (χ4n) is 2.13. The first-order valence-electron chi connectivity index (χ1n) is 5.24. The fourth-order valence-corrected chi connectivity index (χ4v) is 2.13. The van der Waals surface area contributed by atoms with Crippen molar-refractivity contribution in [2.24, 2.45) is 11.7 Å². The zero-order valence-corrected chi connectivity index (χ0v) is 8.38. The molecule has 1 aliphatic rings. The van der Waals surface area contributed by atoms with Crippen LogP contribution >= 0.6 is 0 Å². The predicted molar refractivity (Wildman–Crippen MR) is 53.2 cm³/mol. The highest BCUT2D eigenvalue weighted by Crippen LogP contribution is 2.21. The molecule has 1 fully saturated rings. The van der Waals surface area contributed by atoms with Gasteiger partial charge < -0.3 is 11.1 Å². The molecule has 1 aliphatic heterocycles. The Labute approximate surface area is 80.1 Å². The molecule has 76 valence electrons. The van der Waals surface area contributed by atoms with Crippen molar-refractivity contribution in [1.29, 1.82) is 0 Å². The molecular weight excluding hydrogens is 164 g/mol. The Balaban J connectivity index is 2.28. The third-order valence-electron chi connectivity index (χ3n) is 2.73. The number of hydrogen-bond donors (Lipinski definition) is 2. The van der Waals surface area contributed by atoms with Gasteiger partial charge in [-0.25, -0.2) is 0 Å². The summed E-state index contributed by atoms with van der Waals surface area (Å²) in [7, 11) is 0. The highest BCUT2D eigenvalue weighted by molar-refractivity contribution is 5.73. The van der Waals surface area contributed by atoms with Crippen molar-refractivity contribution < 1.29 is 4.79 Å². The number of rotatable bonds is 4. The molecule has 1 rings (SSSR count). The van der Waals surface area contributed by atoms with Crippen LogP contribution in [0.5, 0.6) is 0 Å². The minimum absolute atomic E-state index is 0.151. The van der Waals surface area contributed by atoms with Crippen LogP contribution in [0.3, 0.4) is 0 Å². The lowest BCUT2D eigenvalue weighted by Gasteiger charge is -2.29. The number of piperidine rings is 1. The number of primary amides is 1. The summed E-state index contributed by atoms with van der Waals surface area (Å²) >= 11 is 0. The summed E-state index contributed by atoms with van der Waals surface area (Å²) < 4.78 is 0. The van der Waals surface area contributed by atoms with Crippen LogP contribution in [-0.4, -0.2) is 18.5 Å². The molecule has 0 saturated carbocycles. The van der Waals surface area contributed by atoms with Crippen molar-refractivity contribution >= 4 is 5.91 Å². The van der Waals surface area contributed by atoms with E-state index in [1.807, 2.05) is 0 Å². The molecule has 3 N–H and O–H groups in total. The van der Waals surface area contributed by atoms with Crippen LogP contribution in [0.2, 0.25) is 0 Å². The van der Waals surface area contributed by atoms with E-state index in [9.17, 15) is 4.79 Å². The van der Waals surface area contributed by atoms with Gasteiger partial charge in [0.2, 0.25) is 5.91 Å². The van der Waals surface area contributed by atoms with Gasteiger partial charge in [-0.05, 0) is 31.7 Å². The largest absolute Gasteiger partial charge is 0.370 e. The monoisotopic (exact) mass is 184 g/mol. The van der Waals surface area contributed by atoms with Crippen LogP contribution in [-0.2, 0) is 4.79 Å². The molecule has 3 nitrogen and oxygen atoms in total. The zero-order valence-electron chi connectivity index (χ0n) is 8.38. The van der Waals surface area contributed by atoms with Crippen LogP contribution in [0.25, 0.3) is 0 Å². The maximum Gasteiger partial charge on any atom is 0.217 e. The molecule has 0 spiro atoms. The van der Waals surface area contributed by atoms with Gasteiger partial charge in [-0.15, -0.1) is 0 Å². The number of amides is 1. The summed E-state index contributed by atoms with van der Waals surface area (Å²) in [6, 6.07) is 0.614. The SMILES string of the molecule is CCCC1CC(CC(N)=O)CCN1. The lowest BCUT2D eigenvalue weighted by molar-refractivity contribution is -0.119. The van der Waals surface area contributed by atoms with Crippen molar-refractivity contribution in [3.63, 3.8) is 0 Å². The summed E-state index contributed by atoms with van der Waals surface area (Å²) in [6.07, 6.45) is 5.22. The Morgan fingerprint density at radius 2 is 2.38 bits per heavy atom. The minimum atomic E-state index is -0.151. The Morgan fingerprint density at radius 3 is 3.00 bits per heavy atom. The van der Waals surface area contributed by atoms with E-state index in [1.54, 1.807) is 0 Å². The molecule has 0 aromatic carbocycles. The smallest absolute Gasteiger partial charge is 0.217 e. The first kappa shape index (κ1) is 10.5. The van der Waals surface area contributed by atoms with Gasteiger partial charge in [0.25, 0.3) is 0 Å². The third-order valence-corrected chi connectivity index (χ3v) is 2.73. The maximum absolute atomic E-state index is 10.7. The molecule has 0 aromatic rings. The summed E-state index contributed by atoms with van der Waals surface area (Å²) in [5.74, 6) is 0.373. The van der Waals surface area contributed by atoms with E-state index in [0.29, 0.717) is 18.4 Å². The van der Waals surface area contributed by atoms with Gasteiger partial charge >= 0.3 is 0 Å². The van der Waals surface area contributed by atoms with Gasteiger partial charge in [-0.2, -0.15) is 0 Å². The molecule has 1 amide bonds. The van der Waals surface area contributed by atoms with Crippen LogP contribution in [0, 0.1) is 5.92 Å². The summed E-state index contributed by atoms with van der Waals surface area (Å²) in [6.45, 7) is 3.24. The number of carbonyl (C=O) groups is 1. The van der Waals surface area contributed by atoms with Crippen molar-refractivity contribution in [1.82, 2.24) is 5.32 Å². The van der Waals surface area contributed by atoms with Crippen molar-refractivity contribution in [2.75, 3.05) is 6.54 Å². The standard InChI is InChI=1S/C10H20N2O/c1-2-3-9-6-8(4-5-12-9)7-10(11)13/h8-9,12H,2-7H2,1H3,(H2,11,13). The van der Waals surface area contributed by atoms with Gasteiger partial charge in [-0.1, -0.05) is 13.3 Å². The van der Waals surface area contributed by atoms with Crippen LogP contribution in [0.1, 0.15) is 39.0 Å². The minimum Gasteiger partial charge on any atom is -0.370 e. The highest BCUT2D eigenvalue weighted by atomic mass is 16.1. The van der Waals surface area contributed by atoms with Gasteiger partial charge in [0, 0.05) is 12.5 Å². The Morgan fingerprint density at radius 1 is 1.62 bits per heavy atom. The first-order chi connectivity index (χ1) is 6.22. The number of nitrogens with two attached hydrogens (primary N) is 1. The zero-order chi connectivity index (χ0) is 9.68. The summed E-state index contributed by atoms with van der Waals surface area (Å²) in [4.78, 5) is 10.7. The fraction of sp³-hybridized carbons (Fsp3) is 0.900. The number of carbonyl (C=O) groups excluding carboxylic acids is 1. The van der Waals surface area contributed by atoms with E-state index in [-0.39, 0.29) is 5.91 Å². The Kier molecular flexibility index (Phi) is 4.22. The molecule has 1 heterocycles. The van der Waals surface area contributed by atoms with Gasteiger partial charge in [0.15, 0.2) is 0 Å². The molecule has 0 bridgehead atoms. The van der Waals surface area contributed by atoms with E-state index in [2.05, 4.69) is 12.2 Å². The maximum atomic E-state index is 10.7. The average Bonchev–Trinajstić information content (AvgIpc) is 2.04. The van der Waals surface area contributed by atoms with Crippen molar-refractivity contribution in [2.45, 2.75) is 45.1 Å². The van der Waals surface area contributed by atoms with Crippen LogP contribution < -0.4 is 11.1 Å². The summed E-state index contributed by atoms with van der Waals surface area (Å²) in [5.41, 5.74) is 5.18. The molecule has 2 atom stereocenters. The van der Waals surface area contributed by atoms with Crippen molar-refractivity contribution in [3.05, 3.63) is 0 Å². The summed E-state index contributed by atoms with van der Waals surface area (Å²) in [5, 5.41) is 3.47. The lowest BCUT2D eigenvalue weighted by Crippen LogP contribution is -2.39. The molecular formula is C10H20N2O. The van der Waals surface area contributed by atoms with E-state index in [1.165, 1.54) is 12.8 Å². The molecule has 3 heteroatoms. The molecule has 13 heavy (non-hydrogen) atoms. The van der Waals surface area contributed by atoms with E-state index >= 15 is 0 Å². The average molecular weight is 184 g/mol. The van der Waals surface area contributed by atoms with Gasteiger partial charge in [-0.3, -0.25) is 4.79 Å². The van der Waals surface area contributed by atoms with E-state index < -0.39 is 0 Å². The van der Waals surface area contributed by atoms with Gasteiger partial charge in [0.1, 0.15) is 0 Å². The first-order valence-corrected chi connectivity index (χ1v) is 5.24. The molecule has 0 aliphatic carbocycles. The number of nitrogens with one attached hydrogen (secondary N) is 1. The Hall–Kier alpha value is -0.570. The van der Waals surface area contributed by atoms with Gasteiger partial charge in [0.05, 0.1) is 0 Å². The quantitative estimate of drug-likeness (QED) is 0.685. The van der Waals surface area contributed by atoms with Crippen LogP contribution in [0.4, 0.5) is 0 Å². The lowest BCUT2D eigenvalue weighted by atomic mass is 9.88. The molecule has 0 radical (unpaired) electrons. The topological polar surface area (TPSA) is 55.1 Å². The van der Waals surface area contributed by atoms with Crippen LogP contribution in [0.15, 0.2) is 0 Å². The predicted octanol–water partition coefficient (Wildman–Crippen LogP) is 1.03. The highest BCUT2D eigenvalue weighted by Gasteiger charge is 2.21. The second kappa shape index (κ2) is 5.22. The normalized spacial score (nSPS) is 28.7. The molecule has 2 unspecified atom stereocenters. The Bertz CT molecular complexity index is 168. The third kappa shape index (κ3) is 3.77. The van der Waals surface area contributed by atoms with Crippen molar-refractivity contribution in [3.8, 4) is 0 Å². The molecule has 1 saturated heterocycles. The second-order valence-corrected chi connectivity index (χ2v) is 4.00. The van der Waals surface area contributed by atoms with E-state index in [0.717, 1.165) is 19.4 Å². The van der Waals surface area contributed by atoms with E-state index in [4.69, 9.17) is 5.73 Å². The molecule has 0 aromatic heterocycles. The number of hydrogen-bond acceptors (Lipinski definition) is 2.